The van der Waals surface area contributed by atoms with Gasteiger partial charge in [-0.25, -0.2) is 0 Å². The Morgan fingerprint density at radius 2 is 1.91 bits per heavy atom. The molecular weight excluding hydrogens is 440 g/mol. The van der Waals surface area contributed by atoms with E-state index in [1.54, 1.807) is 0 Å². The van der Waals surface area contributed by atoms with E-state index in [4.69, 9.17) is 4.74 Å². The van der Waals surface area contributed by atoms with Crippen molar-refractivity contribution in [3.8, 4) is 0 Å². The van der Waals surface area contributed by atoms with Gasteiger partial charge in [0.2, 0.25) is 5.91 Å². The lowest BCUT2D eigenvalue weighted by Crippen LogP contribution is -2.35. The molecule has 3 aliphatic heterocycles. The number of imide groups is 1. The molecular formula is C24H26N4O4S. The number of benzene rings is 1. The molecule has 172 valence electrons. The zero-order chi connectivity index (χ0) is 22.9. The van der Waals surface area contributed by atoms with Gasteiger partial charge in [0, 0.05) is 42.8 Å². The lowest BCUT2D eigenvalue weighted by Gasteiger charge is -2.26. The van der Waals surface area contributed by atoms with E-state index in [-0.39, 0.29) is 29.4 Å². The Balaban J connectivity index is 1.44. The van der Waals surface area contributed by atoms with Crippen LogP contribution in [0.3, 0.4) is 0 Å². The summed E-state index contributed by atoms with van der Waals surface area (Å²) in [6.45, 7) is 6.45. The Kier molecular flexibility index (Phi) is 6.09. The van der Waals surface area contributed by atoms with E-state index in [1.165, 1.54) is 10.5 Å². The van der Waals surface area contributed by atoms with Crippen LogP contribution in [0.25, 0.3) is 11.1 Å². The van der Waals surface area contributed by atoms with Crippen LogP contribution >= 0.6 is 11.8 Å². The van der Waals surface area contributed by atoms with E-state index in [0.717, 1.165) is 72.7 Å². The number of H-pyrrole nitrogens is 1. The zero-order valence-electron chi connectivity index (χ0n) is 18.5. The van der Waals surface area contributed by atoms with Crippen molar-refractivity contribution in [2.24, 2.45) is 0 Å². The molecule has 2 fully saturated rings. The number of aromatic amines is 1. The van der Waals surface area contributed by atoms with Crippen LogP contribution < -0.4 is 5.32 Å². The highest BCUT2D eigenvalue weighted by atomic mass is 32.2. The molecule has 33 heavy (non-hydrogen) atoms. The van der Waals surface area contributed by atoms with Gasteiger partial charge in [0.15, 0.2) is 0 Å². The first-order valence-electron chi connectivity index (χ1n) is 11.2. The van der Waals surface area contributed by atoms with Crippen LogP contribution in [0.5, 0.6) is 0 Å². The second kappa shape index (κ2) is 9.17. The largest absolute Gasteiger partial charge is 0.379 e. The van der Waals surface area contributed by atoms with Crippen LogP contribution in [-0.2, 0) is 27.4 Å². The van der Waals surface area contributed by atoms with E-state index in [2.05, 4.69) is 21.3 Å². The molecule has 1 aromatic carbocycles. The number of thioether (sulfide) groups is 1. The summed E-state index contributed by atoms with van der Waals surface area (Å²) in [6, 6.07) is 7.74. The minimum atomic E-state index is -0.223. The number of fused-ring (bicyclic) bond motifs is 1. The van der Waals surface area contributed by atoms with E-state index < -0.39 is 0 Å². The number of carbonyl (C=O) groups excluding carboxylic acids is 3. The van der Waals surface area contributed by atoms with E-state index in [0.29, 0.717) is 12.0 Å². The lowest BCUT2D eigenvalue weighted by atomic mass is 9.95. The number of rotatable bonds is 6. The fourth-order valence-corrected chi connectivity index (χ4v) is 5.28. The number of carbonyl (C=O) groups is 3. The van der Waals surface area contributed by atoms with Crippen LogP contribution in [0, 0.1) is 0 Å². The topological polar surface area (TPSA) is 94.7 Å². The quantitative estimate of drug-likeness (QED) is 0.635. The van der Waals surface area contributed by atoms with Gasteiger partial charge in [0.05, 0.1) is 31.1 Å². The maximum Gasteiger partial charge on any atom is 0.289 e. The first-order chi connectivity index (χ1) is 16.0. The molecule has 5 rings (SSSR count). The van der Waals surface area contributed by atoms with Gasteiger partial charge in [-0.3, -0.25) is 24.2 Å². The predicted molar refractivity (Wildman–Crippen MR) is 127 cm³/mol. The number of anilines is 1. The molecule has 0 radical (unpaired) electrons. The van der Waals surface area contributed by atoms with E-state index >= 15 is 0 Å². The summed E-state index contributed by atoms with van der Waals surface area (Å²) in [4.78, 5) is 44.0. The highest BCUT2D eigenvalue weighted by Gasteiger charge is 2.32. The van der Waals surface area contributed by atoms with Crippen molar-refractivity contribution in [2.75, 3.05) is 37.4 Å². The van der Waals surface area contributed by atoms with Gasteiger partial charge in [0.25, 0.3) is 11.1 Å². The summed E-state index contributed by atoms with van der Waals surface area (Å²) in [5.41, 5.74) is 6.08. The average molecular weight is 467 g/mol. The standard InChI is InChI=1S/C24H26N4O4S/c1-2-17(20-10-16(11-25-20)12-27-5-7-32-8-6-27)22-18-9-15(3-4-19(18)26-23(22)30)13-28-21(29)14-33-24(28)31/h3-4,9-11,25H,2,5-8,12-14H2,1H3,(H,26,30). The lowest BCUT2D eigenvalue weighted by molar-refractivity contribution is -0.125. The molecule has 0 atom stereocenters. The Morgan fingerprint density at radius 1 is 1.09 bits per heavy atom. The van der Waals surface area contributed by atoms with Crippen molar-refractivity contribution in [2.45, 2.75) is 26.4 Å². The molecule has 0 bridgehead atoms. The fourth-order valence-electron chi connectivity index (χ4n) is 4.55. The normalized spacial score (nSPS) is 20.4. The molecule has 0 aliphatic carbocycles. The Morgan fingerprint density at radius 3 is 2.64 bits per heavy atom. The first kappa shape index (κ1) is 21.9. The Labute approximate surface area is 196 Å². The van der Waals surface area contributed by atoms with Crippen molar-refractivity contribution in [1.82, 2.24) is 14.8 Å². The van der Waals surface area contributed by atoms with Crippen molar-refractivity contribution in [3.05, 3.63) is 52.8 Å². The minimum absolute atomic E-state index is 0.132. The summed E-state index contributed by atoms with van der Waals surface area (Å²) >= 11 is 1.03. The van der Waals surface area contributed by atoms with Gasteiger partial charge >= 0.3 is 0 Å². The van der Waals surface area contributed by atoms with Crippen molar-refractivity contribution in [3.63, 3.8) is 0 Å². The maximum absolute atomic E-state index is 13.0. The molecule has 4 heterocycles. The van der Waals surface area contributed by atoms with Crippen molar-refractivity contribution >= 4 is 45.6 Å². The molecule has 2 N–H and O–H groups in total. The van der Waals surface area contributed by atoms with Gasteiger partial charge in [-0.15, -0.1) is 0 Å². The number of nitrogens with zero attached hydrogens (tertiary/aromatic N) is 2. The second-order valence-corrected chi connectivity index (χ2v) is 9.31. The number of aromatic nitrogens is 1. The zero-order valence-corrected chi connectivity index (χ0v) is 19.3. The van der Waals surface area contributed by atoms with E-state index in [9.17, 15) is 14.4 Å². The number of hydrogen-bond acceptors (Lipinski definition) is 6. The molecule has 1 aromatic heterocycles. The monoisotopic (exact) mass is 466 g/mol. The fraction of sp³-hybridized carbons (Fsp3) is 0.375. The summed E-state index contributed by atoms with van der Waals surface area (Å²) in [6.07, 6.45) is 2.69. The van der Waals surface area contributed by atoms with Crippen LogP contribution in [0.4, 0.5) is 10.5 Å². The highest BCUT2D eigenvalue weighted by molar-refractivity contribution is 8.14. The summed E-state index contributed by atoms with van der Waals surface area (Å²) < 4.78 is 5.43. The van der Waals surface area contributed by atoms with E-state index in [1.807, 2.05) is 31.3 Å². The summed E-state index contributed by atoms with van der Waals surface area (Å²) in [7, 11) is 0. The van der Waals surface area contributed by atoms with Crippen molar-refractivity contribution in [1.29, 1.82) is 0 Å². The third-order valence-corrected chi connectivity index (χ3v) is 7.10. The van der Waals surface area contributed by atoms with Gasteiger partial charge < -0.3 is 15.0 Å². The predicted octanol–water partition coefficient (Wildman–Crippen LogP) is 3.32. The molecule has 0 unspecified atom stereocenters. The smallest absolute Gasteiger partial charge is 0.289 e. The molecule has 2 aromatic rings. The molecule has 9 heteroatoms. The third-order valence-electron chi connectivity index (χ3n) is 6.24. The van der Waals surface area contributed by atoms with Crippen LogP contribution in [0.1, 0.15) is 35.7 Å². The van der Waals surface area contributed by atoms with Crippen LogP contribution in [-0.4, -0.2) is 63.9 Å². The van der Waals surface area contributed by atoms with Gasteiger partial charge in [-0.05, 0) is 41.3 Å². The second-order valence-electron chi connectivity index (χ2n) is 8.39. The Hall–Kier alpha value is -2.88. The molecule has 0 saturated carbocycles. The number of morpholine rings is 1. The Bertz CT molecular complexity index is 1130. The molecule has 3 amide bonds. The summed E-state index contributed by atoms with van der Waals surface area (Å²) in [5.74, 6) is -0.120. The average Bonchev–Trinajstić information content (AvgIpc) is 3.49. The van der Waals surface area contributed by atoms with Gasteiger partial charge in [-0.1, -0.05) is 24.8 Å². The molecule has 3 aliphatic rings. The van der Waals surface area contributed by atoms with Crippen LogP contribution in [0.2, 0.25) is 0 Å². The minimum Gasteiger partial charge on any atom is -0.379 e. The third kappa shape index (κ3) is 4.36. The van der Waals surface area contributed by atoms with Gasteiger partial charge in [0.1, 0.15) is 0 Å². The SMILES string of the molecule is CCC(=C1C(=O)Nc2ccc(CN3C(=O)CSC3=O)cc21)c1cc(CN2CCOCC2)c[nH]1. The number of allylic oxidation sites excluding steroid dienone is 1. The number of hydrogen-bond donors (Lipinski definition) is 2. The molecule has 0 spiro atoms. The number of ether oxygens (including phenoxy) is 1. The van der Waals surface area contributed by atoms with Gasteiger partial charge in [-0.2, -0.15) is 0 Å². The maximum atomic E-state index is 13.0. The van der Waals surface area contributed by atoms with Crippen molar-refractivity contribution < 1.29 is 19.1 Å². The highest BCUT2D eigenvalue weighted by Crippen LogP contribution is 2.39. The van der Waals surface area contributed by atoms with Crippen LogP contribution in [0.15, 0.2) is 30.5 Å². The first-order valence-corrected chi connectivity index (χ1v) is 12.1. The number of amides is 3. The molecule has 2 saturated heterocycles. The summed E-state index contributed by atoms with van der Waals surface area (Å²) in [5, 5.41) is 2.74. The number of nitrogens with one attached hydrogen (secondary N) is 2. The molecule has 8 nitrogen and oxygen atoms in total.